The van der Waals surface area contributed by atoms with Crippen LogP contribution in [0.1, 0.15) is 26.2 Å². The predicted octanol–water partition coefficient (Wildman–Crippen LogP) is 2.35. The van der Waals surface area contributed by atoms with Gasteiger partial charge < -0.3 is 5.32 Å². The molecule has 108 valence electrons. The highest BCUT2D eigenvalue weighted by Crippen LogP contribution is 2.11. The van der Waals surface area contributed by atoms with Crippen LogP contribution in [0.5, 0.6) is 0 Å². The molecule has 0 bridgehead atoms. The first-order chi connectivity index (χ1) is 9.03. The van der Waals surface area contributed by atoms with Crippen molar-refractivity contribution < 1.29 is 12.8 Å². The lowest BCUT2D eigenvalue weighted by Crippen LogP contribution is -2.19. The average molecular weight is 288 g/mol. The highest BCUT2D eigenvalue weighted by atomic mass is 32.2. The molecule has 2 N–H and O–H groups in total. The Bertz CT molecular complexity index is 460. The maximum Gasteiger partial charge on any atom is 0.232 e. The smallest absolute Gasteiger partial charge is 0.232 e. The van der Waals surface area contributed by atoms with E-state index >= 15 is 0 Å². The zero-order chi connectivity index (χ0) is 14.1. The van der Waals surface area contributed by atoms with E-state index in [0.717, 1.165) is 25.9 Å². The Kier molecular flexibility index (Phi) is 6.80. The third kappa shape index (κ3) is 7.12. The maximum atomic E-state index is 12.7. The maximum absolute atomic E-state index is 12.7. The van der Waals surface area contributed by atoms with Crippen LogP contribution in [-0.4, -0.2) is 27.3 Å². The van der Waals surface area contributed by atoms with Gasteiger partial charge in [-0.1, -0.05) is 6.92 Å². The fourth-order valence-corrected chi connectivity index (χ4v) is 2.77. The number of sulfonamides is 1. The van der Waals surface area contributed by atoms with Crippen molar-refractivity contribution in [2.45, 2.75) is 26.2 Å². The minimum atomic E-state index is -3.34. The van der Waals surface area contributed by atoms with Crippen LogP contribution in [0.15, 0.2) is 24.3 Å². The first-order valence-corrected chi connectivity index (χ1v) is 8.15. The van der Waals surface area contributed by atoms with Gasteiger partial charge in [0.15, 0.2) is 0 Å². The molecule has 4 nitrogen and oxygen atoms in total. The molecule has 0 unspecified atom stereocenters. The highest BCUT2D eigenvalue weighted by molar-refractivity contribution is 7.92. The molecule has 0 aliphatic rings. The largest absolute Gasteiger partial charge is 0.317 e. The van der Waals surface area contributed by atoms with Gasteiger partial charge in [-0.25, -0.2) is 12.8 Å². The third-order valence-corrected chi connectivity index (χ3v) is 3.93. The quantitative estimate of drug-likeness (QED) is 0.686. The molecule has 0 amide bonds. The van der Waals surface area contributed by atoms with Crippen LogP contribution in [0.25, 0.3) is 0 Å². The van der Waals surface area contributed by atoms with Crippen LogP contribution in [-0.2, 0) is 10.0 Å². The molecule has 0 aliphatic carbocycles. The normalized spacial score (nSPS) is 11.5. The Morgan fingerprint density at radius 1 is 1.11 bits per heavy atom. The van der Waals surface area contributed by atoms with E-state index in [1.165, 1.54) is 24.3 Å². The highest BCUT2D eigenvalue weighted by Gasteiger charge is 2.09. The predicted molar refractivity (Wildman–Crippen MR) is 76.2 cm³/mol. The van der Waals surface area contributed by atoms with Gasteiger partial charge in [-0.05, 0) is 56.6 Å². The topological polar surface area (TPSA) is 58.2 Å². The number of hydrogen-bond acceptors (Lipinski definition) is 3. The number of rotatable bonds is 9. The van der Waals surface area contributed by atoms with Gasteiger partial charge in [-0.15, -0.1) is 0 Å². The van der Waals surface area contributed by atoms with Gasteiger partial charge in [0.1, 0.15) is 5.82 Å². The summed E-state index contributed by atoms with van der Waals surface area (Å²) in [6.07, 6.45) is 2.50. The molecular weight excluding hydrogens is 267 g/mol. The first kappa shape index (κ1) is 15.9. The Labute approximate surface area is 114 Å². The van der Waals surface area contributed by atoms with Gasteiger partial charge >= 0.3 is 0 Å². The van der Waals surface area contributed by atoms with E-state index in [-0.39, 0.29) is 11.6 Å². The van der Waals surface area contributed by atoms with Gasteiger partial charge in [-0.3, -0.25) is 4.72 Å². The fraction of sp³-hybridized carbons (Fsp3) is 0.538. The lowest BCUT2D eigenvalue weighted by Gasteiger charge is -2.08. The number of benzene rings is 1. The fourth-order valence-electron chi connectivity index (χ4n) is 1.59. The Balaban J connectivity index is 2.30. The summed E-state index contributed by atoms with van der Waals surface area (Å²) in [5.41, 5.74) is 0.394. The number of anilines is 1. The van der Waals surface area contributed by atoms with Gasteiger partial charge in [-0.2, -0.15) is 0 Å². The van der Waals surface area contributed by atoms with E-state index in [1.807, 2.05) is 0 Å². The molecule has 1 aromatic carbocycles. The molecule has 19 heavy (non-hydrogen) atoms. The number of halogens is 1. The lowest BCUT2D eigenvalue weighted by molar-refractivity contribution is 0.590. The number of hydrogen-bond donors (Lipinski definition) is 2. The van der Waals surface area contributed by atoms with Crippen LogP contribution in [0, 0.1) is 5.82 Å². The van der Waals surface area contributed by atoms with Crippen LogP contribution < -0.4 is 10.0 Å². The second-order valence-electron chi connectivity index (χ2n) is 4.38. The summed E-state index contributed by atoms with van der Waals surface area (Å²) in [6.45, 7) is 3.88. The molecule has 1 aromatic rings. The zero-order valence-electron chi connectivity index (χ0n) is 11.2. The van der Waals surface area contributed by atoms with E-state index in [0.29, 0.717) is 12.1 Å². The summed E-state index contributed by atoms with van der Waals surface area (Å²) in [7, 11) is -3.34. The van der Waals surface area contributed by atoms with Gasteiger partial charge in [0, 0.05) is 5.69 Å². The lowest BCUT2D eigenvalue weighted by atomic mass is 10.3. The molecule has 0 radical (unpaired) electrons. The van der Waals surface area contributed by atoms with E-state index < -0.39 is 10.0 Å². The molecule has 0 aliphatic heterocycles. The van der Waals surface area contributed by atoms with Crippen molar-refractivity contribution in [3.63, 3.8) is 0 Å². The van der Waals surface area contributed by atoms with Crippen LogP contribution in [0.4, 0.5) is 10.1 Å². The summed E-state index contributed by atoms with van der Waals surface area (Å²) < 4.78 is 38.6. The van der Waals surface area contributed by atoms with Crippen molar-refractivity contribution >= 4 is 15.7 Å². The molecule has 0 atom stereocenters. The van der Waals surface area contributed by atoms with E-state index in [9.17, 15) is 12.8 Å². The Morgan fingerprint density at radius 2 is 1.79 bits per heavy atom. The average Bonchev–Trinajstić information content (AvgIpc) is 2.36. The number of nitrogens with one attached hydrogen (secondary N) is 2. The molecule has 0 fully saturated rings. The summed E-state index contributed by atoms with van der Waals surface area (Å²) >= 11 is 0. The zero-order valence-corrected chi connectivity index (χ0v) is 12.0. The van der Waals surface area contributed by atoms with E-state index in [1.54, 1.807) is 0 Å². The summed E-state index contributed by atoms with van der Waals surface area (Å²) in [6, 6.07) is 5.28. The van der Waals surface area contributed by atoms with Crippen molar-refractivity contribution in [2.75, 3.05) is 23.6 Å². The third-order valence-electron chi connectivity index (χ3n) is 2.56. The van der Waals surface area contributed by atoms with Gasteiger partial charge in [0.25, 0.3) is 0 Å². The van der Waals surface area contributed by atoms with Crippen LogP contribution in [0.3, 0.4) is 0 Å². The second-order valence-corrected chi connectivity index (χ2v) is 6.23. The SMILES string of the molecule is CCCNCCCCS(=O)(=O)Nc1ccc(F)cc1. The first-order valence-electron chi connectivity index (χ1n) is 6.50. The van der Waals surface area contributed by atoms with Gasteiger partial charge in [0.2, 0.25) is 10.0 Å². The van der Waals surface area contributed by atoms with Crippen molar-refractivity contribution in [1.29, 1.82) is 0 Å². The molecule has 1 rings (SSSR count). The molecule has 0 aromatic heterocycles. The molecule has 6 heteroatoms. The minimum Gasteiger partial charge on any atom is -0.317 e. The second kappa shape index (κ2) is 8.12. The van der Waals surface area contributed by atoms with Crippen molar-refractivity contribution in [3.8, 4) is 0 Å². The van der Waals surface area contributed by atoms with Crippen molar-refractivity contribution in [3.05, 3.63) is 30.1 Å². The standard InChI is InChI=1S/C13H21FN2O2S/c1-2-9-15-10-3-4-11-19(17,18)16-13-7-5-12(14)6-8-13/h5-8,15-16H,2-4,9-11H2,1H3. The monoisotopic (exact) mass is 288 g/mol. The van der Waals surface area contributed by atoms with Crippen LogP contribution >= 0.6 is 0 Å². The molecule has 0 spiro atoms. The summed E-state index contributed by atoms with van der Waals surface area (Å²) in [5, 5.41) is 3.22. The van der Waals surface area contributed by atoms with Crippen molar-refractivity contribution in [2.24, 2.45) is 0 Å². The molecular formula is C13H21FN2O2S. The van der Waals surface area contributed by atoms with E-state index in [4.69, 9.17) is 0 Å². The minimum absolute atomic E-state index is 0.0815. The van der Waals surface area contributed by atoms with Crippen LogP contribution in [0.2, 0.25) is 0 Å². The Hall–Kier alpha value is -1.14. The summed E-state index contributed by atoms with van der Waals surface area (Å²) in [5.74, 6) is -0.303. The summed E-state index contributed by atoms with van der Waals surface area (Å²) in [4.78, 5) is 0. The Morgan fingerprint density at radius 3 is 2.42 bits per heavy atom. The molecule has 0 saturated heterocycles. The van der Waals surface area contributed by atoms with E-state index in [2.05, 4.69) is 17.0 Å². The van der Waals surface area contributed by atoms with Gasteiger partial charge in [0.05, 0.1) is 5.75 Å². The van der Waals surface area contributed by atoms with Crippen molar-refractivity contribution in [1.82, 2.24) is 5.32 Å². The molecule has 0 saturated carbocycles. The number of unbranched alkanes of at least 4 members (excludes halogenated alkanes) is 1. The molecule has 0 heterocycles.